The second-order valence-electron chi connectivity index (χ2n) is 8.15. The second-order valence-corrected chi connectivity index (χ2v) is 8.15. The minimum absolute atomic E-state index is 0.552. The number of rotatable bonds is 3. The van der Waals surface area contributed by atoms with Crippen molar-refractivity contribution in [2.24, 2.45) is 0 Å². The molecule has 7 nitrogen and oxygen atoms in total. The zero-order chi connectivity index (χ0) is 17.5. The molecule has 2 aromatic heterocycles. The first-order chi connectivity index (χ1) is 12.8. The van der Waals surface area contributed by atoms with Gasteiger partial charge in [0, 0.05) is 43.6 Å². The largest absolute Gasteiger partial charge is 0.324 e. The number of nitrogens with zero attached hydrogens (tertiary/aromatic N) is 6. The van der Waals surface area contributed by atoms with Crippen molar-refractivity contribution in [3.8, 4) is 0 Å². The van der Waals surface area contributed by atoms with Crippen LogP contribution in [0.4, 0.5) is 6.01 Å². The molecular formula is C19H28N6O. The van der Waals surface area contributed by atoms with Gasteiger partial charge in [-0.3, -0.25) is 4.68 Å². The van der Waals surface area contributed by atoms with Crippen LogP contribution in [0, 0.1) is 6.92 Å². The molecule has 3 saturated heterocycles. The molecule has 26 heavy (non-hydrogen) atoms. The van der Waals surface area contributed by atoms with Gasteiger partial charge in [-0.2, -0.15) is 10.1 Å². The van der Waals surface area contributed by atoms with E-state index in [1.165, 1.54) is 58.0 Å². The van der Waals surface area contributed by atoms with E-state index >= 15 is 0 Å². The van der Waals surface area contributed by atoms with E-state index in [-0.39, 0.29) is 0 Å². The average Bonchev–Trinajstić information content (AvgIpc) is 3.32. The van der Waals surface area contributed by atoms with Crippen LogP contribution in [0.1, 0.15) is 56.8 Å². The van der Waals surface area contributed by atoms with Gasteiger partial charge in [-0.1, -0.05) is 5.16 Å². The van der Waals surface area contributed by atoms with E-state index in [9.17, 15) is 0 Å². The maximum absolute atomic E-state index is 5.52. The van der Waals surface area contributed by atoms with Crippen LogP contribution in [0.2, 0.25) is 0 Å². The van der Waals surface area contributed by atoms with Crippen molar-refractivity contribution < 1.29 is 4.52 Å². The van der Waals surface area contributed by atoms with Gasteiger partial charge in [0.2, 0.25) is 0 Å². The number of piperidine rings is 3. The van der Waals surface area contributed by atoms with Crippen molar-refractivity contribution in [1.29, 1.82) is 0 Å². The molecule has 2 bridgehead atoms. The van der Waals surface area contributed by atoms with Gasteiger partial charge in [-0.25, -0.2) is 0 Å². The molecule has 0 saturated carbocycles. The molecule has 5 heterocycles. The Hall–Kier alpha value is -1.89. The van der Waals surface area contributed by atoms with Crippen molar-refractivity contribution in [1.82, 2.24) is 24.8 Å². The van der Waals surface area contributed by atoms with Crippen LogP contribution in [0.3, 0.4) is 0 Å². The first-order valence-electron chi connectivity index (χ1n) is 10.1. The van der Waals surface area contributed by atoms with Crippen molar-refractivity contribution in [2.75, 3.05) is 18.0 Å². The quantitative estimate of drug-likeness (QED) is 0.843. The summed E-state index contributed by atoms with van der Waals surface area (Å²) < 4.78 is 7.66. The molecule has 2 unspecified atom stereocenters. The zero-order valence-corrected chi connectivity index (χ0v) is 15.5. The Balaban J connectivity index is 1.25. The van der Waals surface area contributed by atoms with Crippen LogP contribution in [0.5, 0.6) is 0 Å². The Bertz CT molecular complexity index is 706. The van der Waals surface area contributed by atoms with Gasteiger partial charge in [-0.15, -0.1) is 0 Å². The van der Waals surface area contributed by atoms with Gasteiger partial charge in [0.05, 0.1) is 6.04 Å². The molecule has 140 valence electrons. The van der Waals surface area contributed by atoms with E-state index < -0.39 is 0 Å². The third-order valence-corrected chi connectivity index (χ3v) is 6.60. The molecule has 0 N–H and O–H groups in total. The first-order valence-corrected chi connectivity index (χ1v) is 10.1. The summed E-state index contributed by atoms with van der Waals surface area (Å²) in [7, 11) is 0. The van der Waals surface area contributed by atoms with Gasteiger partial charge < -0.3 is 14.3 Å². The Morgan fingerprint density at radius 3 is 2.38 bits per heavy atom. The summed E-state index contributed by atoms with van der Waals surface area (Å²) in [5.74, 6) is 0.737. The van der Waals surface area contributed by atoms with E-state index in [0.29, 0.717) is 24.2 Å². The lowest BCUT2D eigenvalue weighted by atomic mass is 9.81. The number of aryl methyl sites for hydroxylation is 1. The summed E-state index contributed by atoms with van der Waals surface area (Å²) in [6.45, 7) is 4.28. The van der Waals surface area contributed by atoms with Gasteiger partial charge in [0.15, 0.2) is 5.82 Å². The van der Waals surface area contributed by atoms with Gasteiger partial charge in [0.1, 0.15) is 0 Å². The third kappa shape index (κ3) is 2.92. The molecule has 7 heteroatoms. The molecular weight excluding hydrogens is 328 g/mol. The molecule has 3 aliphatic rings. The second kappa shape index (κ2) is 6.68. The zero-order valence-electron chi connectivity index (χ0n) is 15.5. The highest BCUT2D eigenvalue weighted by Crippen LogP contribution is 2.39. The average molecular weight is 356 g/mol. The van der Waals surface area contributed by atoms with Crippen LogP contribution < -0.4 is 4.90 Å². The Labute approximate surface area is 154 Å². The highest BCUT2D eigenvalue weighted by atomic mass is 16.5. The number of hydrogen-bond acceptors (Lipinski definition) is 6. The fourth-order valence-corrected chi connectivity index (χ4v) is 5.37. The van der Waals surface area contributed by atoms with Crippen LogP contribution in [-0.2, 0) is 0 Å². The summed E-state index contributed by atoms with van der Waals surface area (Å²) in [6.07, 6.45) is 12.7. The van der Waals surface area contributed by atoms with Crippen LogP contribution in [0.15, 0.2) is 23.0 Å². The van der Waals surface area contributed by atoms with Crippen molar-refractivity contribution in [3.05, 3.63) is 24.3 Å². The van der Waals surface area contributed by atoms with Crippen LogP contribution in [0.25, 0.3) is 0 Å². The summed E-state index contributed by atoms with van der Waals surface area (Å²) in [5, 5.41) is 8.45. The van der Waals surface area contributed by atoms with E-state index in [1.807, 2.05) is 19.2 Å². The van der Waals surface area contributed by atoms with Gasteiger partial charge in [0.25, 0.3) is 0 Å². The predicted octanol–water partition coefficient (Wildman–Crippen LogP) is 2.80. The Morgan fingerprint density at radius 2 is 1.77 bits per heavy atom. The molecule has 0 amide bonds. The molecule has 0 spiro atoms. The predicted molar refractivity (Wildman–Crippen MR) is 98.0 cm³/mol. The van der Waals surface area contributed by atoms with E-state index in [2.05, 4.69) is 35.9 Å². The van der Waals surface area contributed by atoms with Crippen molar-refractivity contribution in [3.63, 3.8) is 0 Å². The molecule has 2 aromatic rings. The monoisotopic (exact) mass is 356 g/mol. The van der Waals surface area contributed by atoms with Crippen molar-refractivity contribution >= 4 is 6.01 Å². The summed E-state index contributed by atoms with van der Waals surface area (Å²) in [6, 6.07) is 5.15. The molecule has 3 aliphatic heterocycles. The molecule has 2 atom stereocenters. The third-order valence-electron chi connectivity index (χ3n) is 6.60. The SMILES string of the molecule is Cc1noc(N2C3CCCC2CC(N2CCC(n4cccn4)CC2)C3)n1. The topological polar surface area (TPSA) is 63.2 Å². The number of anilines is 1. The van der Waals surface area contributed by atoms with Crippen molar-refractivity contribution in [2.45, 2.75) is 76.0 Å². The lowest BCUT2D eigenvalue weighted by molar-refractivity contribution is 0.0815. The summed E-state index contributed by atoms with van der Waals surface area (Å²) >= 11 is 0. The molecule has 5 rings (SSSR count). The molecule has 0 aliphatic carbocycles. The molecule has 0 aromatic carbocycles. The fourth-order valence-electron chi connectivity index (χ4n) is 5.37. The number of likely N-dealkylation sites (tertiary alicyclic amines) is 1. The van der Waals surface area contributed by atoms with E-state index in [4.69, 9.17) is 4.52 Å². The van der Waals surface area contributed by atoms with Gasteiger partial charge in [-0.05, 0) is 57.9 Å². The number of fused-ring (bicyclic) bond motifs is 2. The minimum Gasteiger partial charge on any atom is -0.318 e. The highest BCUT2D eigenvalue weighted by Gasteiger charge is 2.42. The Kier molecular flexibility index (Phi) is 4.19. The van der Waals surface area contributed by atoms with Gasteiger partial charge >= 0.3 is 6.01 Å². The van der Waals surface area contributed by atoms with E-state index in [0.717, 1.165) is 11.8 Å². The lowest BCUT2D eigenvalue weighted by Crippen LogP contribution is -2.58. The molecule has 0 radical (unpaired) electrons. The Morgan fingerprint density at radius 1 is 1.00 bits per heavy atom. The fraction of sp³-hybridized carbons (Fsp3) is 0.737. The standard InChI is InChI=1S/C19H28N6O/c1-14-21-19(26-22-14)25-16-4-2-5-17(25)13-18(12-16)23-10-6-15(7-11-23)24-9-3-8-20-24/h3,8-9,15-18H,2,4-7,10-13H2,1H3. The first kappa shape index (κ1) is 16.3. The maximum atomic E-state index is 5.52. The maximum Gasteiger partial charge on any atom is 0.324 e. The lowest BCUT2D eigenvalue weighted by Gasteiger charge is -2.51. The molecule has 3 fully saturated rings. The number of hydrogen-bond donors (Lipinski definition) is 0. The summed E-state index contributed by atoms with van der Waals surface area (Å²) in [4.78, 5) is 9.70. The van der Waals surface area contributed by atoms with Crippen LogP contribution >= 0.6 is 0 Å². The number of aromatic nitrogens is 4. The summed E-state index contributed by atoms with van der Waals surface area (Å²) in [5.41, 5.74) is 0. The van der Waals surface area contributed by atoms with Crippen LogP contribution in [-0.4, -0.2) is 56.0 Å². The smallest absolute Gasteiger partial charge is 0.318 e. The normalized spacial score (nSPS) is 30.7. The van der Waals surface area contributed by atoms with E-state index in [1.54, 1.807) is 0 Å². The highest BCUT2D eigenvalue weighted by molar-refractivity contribution is 5.33. The minimum atomic E-state index is 0.552.